The lowest BCUT2D eigenvalue weighted by atomic mass is 9.86. The van der Waals surface area contributed by atoms with Crippen molar-refractivity contribution in [1.82, 2.24) is 4.90 Å². The first-order valence-corrected chi connectivity index (χ1v) is 8.21. The second kappa shape index (κ2) is 7.01. The Bertz CT molecular complexity index is 442. The summed E-state index contributed by atoms with van der Waals surface area (Å²) in [6.07, 6.45) is 2.37. The number of nitrogens with zero attached hydrogens (tertiary/aromatic N) is 1. The lowest BCUT2D eigenvalue weighted by Crippen LogP contribution is -2.41. The predicted octanol–water partition coefficient (Wildman–Crippen LogP) is 3.96. The van der Waals surface area contributed by atoms with Gasteiger partial charge >= 0.3 is 0 Å². The van der Waals surface area contributed by atoms with Crippen LogP contribution in [0.25, 0.3) is 0 Å². The summed E-state index contributed by atoms with van der Waals surface area (Å²) in [7, 11) is 0. The van der Waals surface area contributed by atoms with Gasteiger partial charge in [-0.2, -0.15) is 0 Å². The van der Waals surface area contributed by atoms with Crippen LogP contribution in [0.4, 0.5) is 4.39 Å². The molecule has 112 valence electrons. The number of benzene rings is 1. The highest BCUT2D eigenvalue weighted by Gasteiger charge is 2.28. The average molecular weight is 343 g/mol. The molecule has 1 heterocycles. The SMILES string of the molecule is CC(C)C1CCN(C(CN)c2cc(Br)ccc2F)CC1. The van der Waals surface area contributed by atoms with Crippen LogP contribution in [0, 0.1) is 17.7 Å². The van der Waals surface area contributed by atoms with Crippen LogP contribution in [-0.4, -0.2) is 24.5 Å². The van der Waals surface area contributed by atoms with Crippen molar-refractivity contribution in [3.05, 3.63) is 34.1 Å². The molecule has 2 N–H and O–H groups in total. The summed E-state index contributed by atoms with van der Waals surface area (Å²) in [5.74, 6) is 1.36. The minimum atomic E-state index is -0.158. The fourth-order valence-corrected chi connectivity index (χ4v) is 3.52. The monoisotopic (exact) mass is 342 g/mol. The molecule has 0 aliphatic carbocycles. The highest BCUT2D eigenvalue weighted by atomic mass is 79.9. The molecule has 1 unspecified atom stereocenters. The Balaban J connectivity index is 2.11. The van der Waals surface area contributed by atoms with Gasteiger partial charge in [0.1, 0.15) is 5.82 Å². The average Bonchev–Trinajstić information content (AvgIpc) is 2.44. The Morgan fingerprint density at radius 3 is 2.55 bits per heavy atom. The van der Waals surface area contributed by atoms with E-state index in [1.54, 1.807) is 6.07 Å². The highest BCUT2D eigenvalue weighted by Crippen LogP contribution is 2.31. The summed E-state index contributed by atoms with van der Waals surface area (Å²) < 4.78 is 15.0. The number of nitrogens with two attached hydrogens (primary N) is 1. The normalized spacial score (nSPS) is 19.5. The van der Waals surface area contributed by atoms with Gasteiger partial charge in [0.2, 0.25) is 0 Å². The van der Waals surface area contributed by atoms with Crippen LogP contribution in [0.2, 0.25) is 0 Å². The van der Waals surface area contributed by atoms with Gasteiger partial charge in [-0.3, -0.25) is 4.90 Å². The van der Waals surface area contributed by atoms with E-state index in [-0.39, 0.29) is 11.9 Å². The molecule has 0 bridgehead atoms. The van der Waals surface area contributed by atoms with E-state index in [9.17, 15) is 4.39 Å². The van der Waals surface area contributed by atoms with Gasteiger partial charge in [0.15, 0.2) is 0 Å². The van der Waals surface area contributed by atoms with E-state index in [2.05, 4.69) is 34.7 Å². The molecule has 0 amide bonds. The molecular weight excluding hydrogens is 319 g/mol. The summed E-state index contributed by atoms with van der Waals surface area (Å²) in [6, 6.07) is 5.10. The molecule has 1 aliphatic rings. The van der Waals surface area contributed by atoms with Crippen LogP contribution in [-0.2, 0) is 0 Å². The van der Waals surface area contributed by atoms with Gasteiger partial charge in [0.05, 0.1) is 0 Å². The van der Waals surface area contributed by atoms with Crippen molar-refractivity contribution in [2.24, 2.45) is 17.6 Å². The van der Waals surface area contributed by atoms with Crippen LogP contribution < -0.4 is 5.73 Å². The number of hydrogen-bond acceptors (Lipinski definition) is 2. The van der Waals surface area contributed by atoms with Gasteiger partial charge in [-0.15, -0.1) is 0 Å². The molecule has 2 rings (SSSR count). The van der Waals surface area contributed by atoms with Crippen LogP contribution in [0.15, 0.2) is 22.7 Å². The van der Waals surface area contributed by atoms with Crippen LogP contribution in [0.5, 0.6) is 0 Å². The van der Waals surface area contributed by atoms with Crippen LogP contribution >= 0.6 is 15.9 Å². The number of piperidine rings is 1. The number of rotatable bonds is 4. The van der Waals surface area contributed by atoms with E-state index in [1.807, 2.05) is 6.07 Å². The van der Waals surface area contributed by atoms with Crippen LogP contribution in [0.3, 0.4) is 0 Å². The third-order valence-corrected chi connectivity index (χ3v) is 4.99. The molecule has 2 nitrogen and oxygen atoms in total. The van der Waals surface area contributed by atoms with E-state index in [1.165, 1.54) is 18.9 Å². The fraction of sp³-hybridized carbons (Fsp3) is 0.625. The molecule has 1 aromatic rings. The van der Waals surface area contributed by atoms with Crippen molar-refractivity contribution in [2.45, 2.75) is 32.7 Å². The minimum Gasteiger partial charge on any atom is -0.329 e. The second-order valence-electron chi connectivity index (χ2n) is 6.03. The minimum absolute atomic E-state index is 0.0133. The quantitative estimate of drug-likeness (QED) is 0.897. The Morgan fingerprint density at radius 2 is 2.00 bits per heavy atom. The third-order valence-electron chi connectivity index (χ3n) is 4.50. The molecule has 0 spiro atoms. The van der Waals surface area contributed by atoms with E-state index in [0.717, 1.165) is 29.4 Å². The lowest BCUT2D eigenvalue weighted by molar-refractivity contribution is 0.115. The van der Waals surface area contributed by atoms with Gasteiger partial charge in [0.25, 0.3) is 0 Å². The Morgan fingerprint density at radius 1 is 1.35 bits per heavy atom. The first-order valence-electron chi connectivity index (χ1n) is 7.42. The maximum Gasteiger partial charge on any atom is 0.128 e. The summed E-state index contributed by atoms with van der Waals surface area (Å²) in [5.41, 5.74) is 6.64. The zero-order valence-corrected chi connectivity index (χ0v) is 13.9. The molecule has 0 saturated carbocycles. The van der Waals surface area contributed by atoms with Gasteiger partial charge in [0, 0.05) is 22.6 Å². The van der Waals surface area contributed by atoms with Crippen LogP contribution in [0.1, 0.15) is 38.3 Å². The number of hydrogen-bond donors (Lipinski definition) is 1. The first-order chi connectivity index (χ1) is 9.52. The van der Waals surface area contributed by atoms with E-state index < -0.39 is 0 Å². The summed E-state index contributed by atoms with van der Waals surface area (Å²) in [5, 5.41) is 0. The third kappa shape index (κ3) is 3.60. The van der Waals surface area contributed by atoms with Crippen molar-refractivity contribution >= 4 is 15.9 Å². The van der Waals surface area contributed by atoms with E-state index in [4.69, 9.17) is 5.73 Å². The molecular formula is C16H24BrFN2. The number of likely N-dealkylation sites (tertiary alicyclic amines) is 1. The van der Waals surface area contributed by atoms with Crippen molar-refractivity contribution in [2.75, 3.05) is 19.6 Å². The molecule has 1 aromatic carbocycles. The highest BCUT2D eigenvalue weighted by molar-refractivity contribution is 9.10. The molecule has 4 heteroatoms. The summed E-state index contributed by atoms with van der Waals surface area (Å²) >= 11 is 3.42. The molecule has 0 radical (unpaired) electrons. The Kier molecular flexibility index (Phi) is 5.58. The van der Waals surface area contributed by atoms with Crippen molar-refractivity contribution in [3.63, 3.8) is 0 Å². The fourth-order valence-electron chi connectivity index (χ4n) is 3.14. The maximum atomic E-state index is 14.1. The predicted molar refractivity (Wildman–Crippen MR) is 85.0 cm³/mol. The maximum absolute atomic E-state index is 14.1. The largest absolute Gasteiger partial charge is 0.329 e. The molecule has 1 fully saturated rings. The Labute approximate surface area is 129 Å². The molecule has 1 atom stereocenters. The Hall–Kier alpha value is -0.450. The lowest BCUT2D eigenvalue weighted by Gasteiger charge is -2.38. The van der Waals surface area contributed by atoms with E-state index >= 15 is 0 Å². The standard InChI is InChI=1S/C16H24BrFN2/c1-11(2)12-5-7-20(8-6-12)16(10-19)14-9-13(17)3-4-15(14)18/h3-4,9,11-12,16H,5-8,10,19H2,1-2H3. The van der Waals surface area contributed by atoms with Crippen molar-refractivity contribution in [3.8, 4) is 0 Å². The smallest absolute Gasteiger partial charge is 0.128 e. The van der Waals surface area contributed by atoms with E-state index in [0.29, 0.717) is 12.1 Å². The van der Waals surface area contributed by atoms with Gasteiger partial charge in [-0.1, -0.05) is 29.8 Å². The zero-order valence-electron chi connectivity index (χ0n) is 12.3. The van der Waals surface area contributed by atoms with Gasteiger partial charge in [-0.25, -0.2) is 4.39 Å². The topological polar surface area (TPSA) is 29.3 Å². The summed E-state index contributed by atoms with van der Waals surface area (Å²) in [6.45, 7) is 7.05. The summed E-state index contributed by atoms with van der Waals surface area (Å²) in [4.78, 5) is 2.34. The molecule has 1 saturated heterocycles. The van der Waals surface area contributed by atoms with Crippen molar-refractivity contribution < 1.29 is 4.39 Å². The first kappa shape index (κ1) is 15.9. The molecule has 20 heavy (non-hydrogen) atoms. The van der Waals surface area contributed by atoms with Gasteiger partial charge < -0.3 is 5.73 Å². The zero-order chi connectivity index (χ0) is 14.7. The molecule has 0 aromatic heterocycles. The van der Waals surface area contributed by atoms with Crippen molar-refractivity contribution in [1.29, 1.82) is 0 Å². The number of halogens is 2. The molecule has 1 aliphatic heterocycles. The second-order valence-corrected chi connectivity index (χ2v) is 6.95. The van der Waals surface area contributed by atoms with Gasteiger partial charge in [-0.05, 0) is 56.0 Å².